The van der Waals surface area contributed by atoms with Gasteiger partial charge in [-0.2, -0.15) is 5.26 Å². The van der Waals surface area contributed by atoms with Gasteiger partial charge in [-0.05, 0) is 49.7 Å². The number of carbonyl (C=O) groups is 1. The minimum atomic E-state index is -0.357. The zero-order valence-electron chi connectivity index (χ0n) is 18.9. The first-order valence-corrected chi connectivity index (χ1v) is 10.7. The minimum absolute atomic E-state index is 0.307. The maximum Gasteiger partial charge on any atom is 0.257 e. The van der Waals surface area contributed by atoms with Gasteiger partial charge in [0.25, 0.3) is 5.91 Å². The lowest BCUT2D eigenvalue weighted by atomic mass is 10.1. The molecule has 5 aromatic rings. The SMILES string of the molecule is Cc1ccc(NC(=O)c2cnc(C)c(C#N)c2)cc1Nc1ncccc1-c1ncnc2nc[nH]c12. The summed E-state index contributed by atoms with van der Waals surface area (Å²) in [6.07, 6.45) is 6.19. The van der Waals surface area contributed by atoms with E-state index in [2.05, 4.69) is 46.6 Å². The molecule has 5 rings (SSSR count). The summed E-state index contributed by atoms with van der Waals surface area (Å²) in [4.78, 5) is 37.3. The molecule has 0 aliphatic heterocycles. The number of aromatic amines is 1. The van der Waals surface area contributed by atoms with Crippen molar-refractivity contribution in [2.45, 2.75) is 13.8 Å². The Labute approximate surface area is 200 Å². The maximum absolute atomic E-state index is 12.8. The fourth-order valence-corrected chi connectivity index (χ4v) is 3.60. The highest BCUT2D eigenvalue weighted by atomic mass is 16.1. The number of pyridine rings is 2. The van der Waals surface area contributed by atoms with Gasteiger partial charge in [0.1, 0.15) is 29.4 Å². The van der Waals surface area contributed by atoms with Crippen LogP contribution in [0.25, 0.3) is 22.4 Å². The van der Waals surface area contributed by atoms with Gasteiger partial charge in [-0.3, -0.25) is 9.78 Å². The van der Waals surface area contributed by atoms with Crippen molar-refractivity contribution in [3.05, 3.63) is 83.8 Å². The Morgan fingerprint density at radius 2 is 1.94 bits per heavy atom. The van der Waals surface area contributed by atoms with Crippen molar-refractivity contribution < 1.29 is 4.79 Å². The van der Waals surface area contributed by atoms with Crippen LogP contribution in [0.1, 0.15) is 27.2 Å². The number of imidazole rings is 1. The van der Waals surface area contributed by atoms with Gasteiger partial charge in [-0.15, -0.1) is 0 Å². The van der Waals surface area contributed by atoms with Gasteiger partial charge < -0.3 is 15.6 Å². The summed E-state index contributed by atoms with van der Waals surface area (Å²) in [6, 6.07) is 12.9. The second kappa shape index (κ2) is 8.99. The molecular formula is C25H19N9O. The zero-order chi connectivity index (χ0) is 24.4. The van der Waals surface area contributed by atoms with E-state index in [4.69, 9.17) is 0 Å². The van der Waals surface area contributed by atoms with Crippen LogP contribution < -0.4 is 10.6 Å². The molecule has 10 heteroatoms. The average Bonchev–Trinajstić information content (AvgIpc) is 3.36. The van der Waals surface area contributed by atoms with Crippen LogP contribution in [0.4, 0.5) is 17.2 Å². The van der Waals surface area contributed by atoms with Crippen LogP contribution in [0.3, 0.4) is 0 Å². The molecular weight excluding hydrogens is 442 g/mol. The zero-order valence-corrected chi connectivity index (χ0v) is 18.9. The van der Waals surface area contributed by atoms with Gasteiger partial charge in [0, 0.05) is 29.3 Å². The molecule has 0 unspecified atom stereocenters. The number of anilines is 3. The number of aromatic nitrogens is 6. The Hall–Kier alpha value is -5.17. The standard InChI is InChI=1S/C25H19N9O/c1-14-5-6-18(33-25(35)17-8-16(10-26)15(2)28-11-17)9-20(14)34-23-19(4-3-7-27-23)21-22-24(31-12-29-21)32-13-30-22/h3-9,11-13H,1-2H3,(H,27,34)(H,33,35)(H,29,30,31,32). The van der Waals surface area contributed by atoms with Gasteiger partial charge in [0.15, 0.2) is 5.65 Å². The Kier molecular flexibility index (Phi) is 5.57. The number of carbonyl (C=O) groups excluding carboxylic acids is 1. The normalized spacial score (nSPS) is 10.7. The van der Waals surface area contributed by atoms with Crippen LogP contribution in [0, 0.1) is 25.2 Å². The molecule has 0 bridgehead atoms. The summed E-state index contributed by atoms with van der Waals surface area (Å²) in [5, 5.41) is 15.5. The molecule has 0 saturated carbocycles. The lowest BCUT2D eigenvalue weighted by Gasteiger charge is -2.14. The monoisotopic (exact) mass is 461 g/mol. The highest BCUT2D eigenvalue weighted by Crippen LogP contribution is 2.32. The Balaban J connectivity index is 1.45. The smallest absolute Gasteiger partial charge is 0.257 e. The lowest BCUT2D eigenvalue weighted by molar-refractivity contribution is 0.102. The predicted octanol–water partition coefficient (Wildman–Crippen LogP) is 4.29. The first-order valence-electron chi connectivity index (χ1n) is 10.7. The quantitative estimate of drug-likeness (QED) is 0.351. The molecule has 0 aliphatic rings. The predicted molar refractivity (Wildman–Crippen MR) is 131 cm³/mol. The summed E-state index contributed by atoms with van der Waals surface area (Å²) in [5.74, 6) is 0.236. The number of nitrogens with one attached hydrogen (secondary N) is 3. The highest BCUT2D eigenvalue weighted by molar-refractivity contribution is 6.04. The molecule has 10 nitrogen and oxygen atoms in total. The fraction of sp³-hybridized carbons (Fsp3) is 0.0800. The second-order valence-electron chi connectivity index (χ2n) is 7.80. The summed E-state index contributed by atoms with van der Waals surface area (Å²) in [6.45, 7) is 3.68. The summed E-state index contributed by atoms with van der Waals surface area (Å²) >= 11 is 0. The summed E-state index contributed by atoms with van der Waals surface area (Å²) < 4.78 is 0. The van der Waals surface area contributed by atoms with Crippen LogP contribution in [0.15, 0.2) is 61.4 Å². The number of nitriles is 1. The molecule has 3 N–H and O–H groups in total. The van der Waals surface area contributed by atoms with E-state index in [1.807, 2.05) is 37.3 Å². The lowest BCUT2D eigenvalue weighted by Crippen LogP contribution is -2.13. The highest BCUT2D eigenvalue weighted by Gasteiger charge is 2.15. The van der Waals surface area contributed by atoms with Crippen molar-refractivity contribution in [2.75, 3.05) is 10.6 Å². The number of hydrogen-bond donors (Lipinski definition) is 3. The molecule has 0 fully saturated rings. The number of aryl methyl sites for hydroxylation is 2. The van der Waals surface area contributed by atoms with Crippen LogP contribution in [0.2, 0.25) is 0 Å². The molecule has 0 saturated heterocycles. The van der Waals surface area contributed by atoms with Gasteiger partial charge in [-0.1, -0.05) is 6.07 Å². The Bertz CT molecular complexity index is 1620. The second-order valence-corrected chi connectivity index (χ2v) is 7.80. The molecule has 0 spiro atoms. The molecule has 0 atom stereocenters. The third-order valence-corrected chi connectivity index (χ3v) is 5.50. The number of amides is 1. The molecule has 0 radical (unpaired) electrons. The largest absolute Gasteiger partial charge is 0.341 e. The maximum atomic E-state index is 12.8. The molecule has 35 heavy (non-hydrogen) atoms. The van der Waals surface area contributed by atoms with E-state index in [1.54, 1.807) is 19.4 Å². The van der Waals surface area contributed by atoms with Crippen molar-refractivity contribution in [2.24, 2.45) is 0 Å². The van der Waals surface area contributed by atoms with E-state index in [0.29, 0.717) is 45.2 Å². The third kappa shape index (κ3) is 4.26. The summed E-state index contributed by atoms with van der Waals surface area (Å²) in [7, 11) is 0. The van der Waals surface area contributed by atoms with Gasteiger partial charge >= 0.3 is 0 Å². The Morgan fingerprint density at radius 3 is 2.80 bits per heavy atom. The summed E-state index contributed by atoms with van der Waals surface area (Å²) in [5.41, 5.74) is 6.27. The van der Waals surface area contributed by atoms with Gasteiger partial charge in [0.2, 0.25) is 0 Å². The molecule has 1 amide bonds. The average molecular weight is 461 g/mol. The number of rotatable bonds is 5. The number of H-pyrrole nitrogens is 1. The minimum Gasteiger partial charge on any atom is -0.341 e. The van der Waals surface area contributed by atoms with Crippen LogP contribution in [-0.2, 0) is 0 Å². The number of fused-ring (bicyclic) bond motifs is 1. The number of benzene rings is 1. The van der Waals surface area contributed by atoms with Crippen LogP contribution in [0.5, 0.6) is 0 Å². The molecule has 170 valence electrons. The van der Waals surface area contributed by atoms with E-state index in [0.717, 1.165) is 16.8 Å². The molecule has 4 heterocycles. The van der Waals surface area contributed by atoms with Crippen molar-refractivity contribution >= 4 is 34.3 Å². The topological polar surface area (TPSA) is 145 Å². The van der Waals surface area contributed by atoms with Gasteiger partial charge in [-0.25, -0.2) is 19.9 Å². The van der Waals surface area contributed by atoms with Crippen molar-refractivity contribution in [1.29, 1.82) is 5.26 Å². The van der Waals surface area contributed by atoms with Crippen molar-refractivity contribution in [3.63, 3.8) is 0 Å². The first kappa shape index (κ1) is 21.7. The number of nitrogens with zero attached hydrogens (tertiary/aromatic N) is 6. The van der Waals surface area contributed by atoms with Crippen LogP contribution in [-0.4, -0.2) is 35.8 Å². The first-order chi connectivity index (χ1) is 17.0. The van der Waals surface area contributed by atoms with E-state index < -0.39 is 0 Å². The fourth-order valence-electron chi connectivity index (χ4n) is 3.60. The Morgan fingerprint density at radius 1 is 1.06 bits per heavy atom. The van der Waals surface area contributed by atoms with E-state index in [9.17, 15) is 10.1 Å². The third-order valence-electron chi connectivity index (χ3n) is 5.50. The van der Waals surface area contributed by atoms with E-state index in [-0.39, 0.29) is 5.91 Å². The molecule has 4 aromatic heterocycles. The van der Waals surface area contributed by atoms with E-state index >= 15 is 0 Å². The number of hydrogen-bond acceptors (Lipinski definition) is 8. The van der Waals surface area contributed by atoms with Crippen molar-refractivity contribution in [1.82, 2.24) is 29.9 Å². The van der Waals surface area contributed by atoms with Crippen LogP contribution >= 0.6 is 0 Å². The van der Waals surface area contributed by atoms with Crippen molar-refractivity contribution in [3.8, 4) is 17.3 Å². The van der Waals surface area contributed by atoms with E-state index in [1.165, 1.54) is 18.6 Å². The van der Waals surface area contributed by atoms with Gasteiger partial charge in [0.05, 0.1) is 23.1 Å². The molecule has 1 aromatic carbocycles. The molecule has 0 aliphatic carbocycles.